The van der Waals surface area contributed by atoms with E-state index in [1.54, 1.807) is 12.1 Å². The van der Waals surface area contributed by atoms with Gasteiger partial charge in [0.2, 0.25) is 0 Å². The minimum atomic E-state index is 0.294. The van der Waals surface area contributed by atoms with Gasteiger partial charge < -0.3 is 0 Å². The van der Waals surface area contributed by atoms with E-state index in [0.29, 0.717) is 5.92 Å². The normalized spacial score (nSPS) is 12.9. The molecule has 0 aliphatic carbocycles. The summed E-state index contributed by atoms with van der Waals surface area (Å²) in [6.45, 7) is 6.57. The second-order valence-electron chi connectivity index (χ2n) is 5.02. The van der Waals surface area contributed by atoms with Crippen molar-refractivity contribution < 1.29 is 0 Å². The van der Waals surface area contributed by atoms with Crippen molar-refractivity contribution in [2.45, 2.75) is 26.7 Å². The molecule has 0 N–H and O–H groups in total. The van der Waals surface area contributed by atoms with Gasteiger partial charge in [-0.2, -0.15) is 0 Å². The Kier molecular flexibility index (Phi) is 4.32. The maximum atomic E-state index is 4.53. The smallest absolute Gasteiger partial charge is 0.126 e. The average molecular weight is 275 g/mol. The van der Waals surface area contributed by atoms with Crippen LogP contribution in [0.2, 0.25) is 0 Å². The van der Waals surface area contributed by atoms with Gasteiger partial charge in [0.25, 0.3) is 0 Å². The van der Waals surface area contributed by atoms with Crippen LogP contribution < -0.4 is 0 Å². The highest BCUT2D eigenvalue weighted by atomic mass is 32.2. The first kappa shape index (κ1) is 14.2. The molecule has 0 radical (unpaired) electrons. The zero-order valence-corrected chi connectivity index (χ0v) is 13.0. The predicted octanol–water partition coefficient (Wildman–Crippen LogP) is 3.62. The molecule has 1 atom stereocenters. The lowest BCUT2D eigenvalue weighted by molar-refractivity contribution is 0.690. The van der Waals surface area contributed by atoms with E-state index in [1.807, 2.05) is 26.5 Å². The summed E-state index contributed by atoms with van der Waals surface area (Å²) in [6.07, 6.45) is 3.88. The van der Waals surface area contributed by atoms with E-state index >= 15 is 0 Å². The van der Waals surface area contributed by atoms with Gasteiger partial charge in [-0.05, 0) is 44.6 Å². The molecule has 0 saturated heterocycles. The zero-order valence-electron chi connectivity index (χ0n) is 12.2. The lowest BCUT2D eigenvalue weighted by Crippen LogP contribution is -2.10. The number of imidazole rings is 1. The predicted molar refractivity (Wildman–Crippen MR) is 82.3 cm³/mol. The Balaban J connectivity index is 2.36. The molecule has 2 aromatic rings. The summed E-state index contributed by atoms with van der Waals surface area (Å²) < 4.78 is 4.20. The Hall–Kier alpha value is -1.26. The first-order chi connectivity index (χ1) is 9.00. The van der Waals surface area contributed by atoms with E-state index in [0.717, 1.165) is 5.82 Å². The summed E-state index contributed by atoms with van der Waals surface area (Å²) in [5, 5.41) is 0. The van der Waals surface area contributed by atoms with Crippen molar-refractivity contribution in [3.8, 4) is 0 Å². The van der Waals surface area contributed by atoms with Crippen LogP contribution >= 0.6 is 12.1 Å². The molecule has 0 spiro atoms. The highest BCUT2D eigenvalue weighted by Gasteiger charge is 2.17. The molecule has 1 unspecified atom stereocenters. The van der Waals surface area contributed by atoms with E-state index in [4.69, 9.17) is 0 Å². The van der Waals surface area contributed by atoms with Crippen LogP contribution in [0.4, 0.5) is 0 Å². The third kappa shape index (κ3) is 3.01. The molecule has 2 rings (SSSR count). The second-order valence-corrected chi connectivity index (χ2v) is 6.30. The largest absolute Gasteiger partial charge is 0.264 e. The molecule has 4 heteroatoms. The Bertz CT molecular complexity index is 560. The molecule has 0 aliphatic heterocycles. The fourth-order valence-corrected chi connectivity index (χ4v) is 2.98. The molecule has 3 nitrogen and oxygen atoms in total. The molecule has 102 valence electrons. The number of rotatable bonds is 4. The summed E-state index contributed by atoms with van der Waals surface area (Å²) in [6, 6.07) is 6.49. The molecule has 19 heavy (non-hydrogen) atoms. The Morgan fingerprint density at radius 3 is 2.68 bits per heavy atom. The Labute approximate surface area is 119 Å². The highest BCUT2D eigenvalue weighted by Crippen LogP contribution is 2.29. The number of aromatic nitrogens is 2. The van der Waals surface area contributed by atoms with E-state index < -0.39 is 0 Å². The zero-order chi connectivity index (χ0) is 14.0. The van der Waals surface area contributed by atoms with Crippen molar-refractivity contribution in [3.63, 3.8) is 0 Å². The Morgan fingerprint density at radius 2 is 2.00 bits per heavy atom. The minimum absolute atomic E-state index is 0.294. The maximum absolute atomic E-state index is 4.53. The first-order valence-corrected chi connectivity index (χ1v) is 7.19. The van der Waals surface area contributed by atoms with Crippen LogP contribution in [0.3, 0.4) is 0 Å². The van der Waals surface area contributed by atoms with E-state index in [1.165, 1.54) is 16.7 Å². The van der Waals surface area contributed by atoms with Crippen molar-refractivity contribution in [1.82, 2.24) is 13.3 Å². The van der Waals surface area contributed by atoms with Gasteiger partial charge in [-0.3, -0.25) is 3.97 Å². The van der Waals surface area contributed by atoms with Gasteiger partial charge in [0.05, 0.1) is 0 Å². The maximum Gasteiger partial charge on any atom is 0.126 e. The number of hydrogen-bond donors (Lipinski definition) is 0. The van der Waals surface area contributed by atoms with E-state index in [2.05, 4.69) is 52.2 Å². The lowest BCUT2D eigenvalue weighted by Gasteiger charge is -2.18. The third-order valence-electron chi connectivity index (χ3n) is 3.39. The number of aryl methyl sites for hydroxylation is 1. The van der Waals surface area contributed by atoms with Gasteiger partial charge in [-0.1, -0.05) is 25.1 Å². The molecule has 1 aromatic heterocycles. The molecular weight excluding hydrogens is 254 g/mol. The van der Waals surface area contributed by atoms with E-state index in [-0.39, 0.29) is 0 Å². The van der Waals surface area contributed by atoms with Crippen LogP contribution in [0.1, 0.15) is 35.4 Å². The fourth-order valence-electron chi connectivity index (χ4n) is 2.23. The van der Waals surface area contributed by atoms with Crippen LogP contribution in [0.25, 0.3) is 0 Å². The quantitative estimate of drug-likeness (QED) is 0.795. The van der Waals surface area contributed by atoms with E-state index in [9.17, 15) is 0 Å². The SMILES string of the molecule is Cc1cccc(C(C)c2nccn2SN(C)C)c1C. The van der Waals surface area contributed by atoms with Gasteiger partial charge in [0, 0.05) is 30.4 Å². The molecule has 0 aliphatic rings. The monoisotopic (exact) mass is 275 g/mol. The van der Waals surface area contributed by atoms with Crippen molar-refractivity contribution >= 4 is 12.1 Å². The molecule has 1 aromatic carbocycles. The van der Waals surface area contributed by atoms with Crippen molar-refractivity contribution in [2.24, 2.45) is 0 Å². The van der Waals surface area contributed by atoms with Crippen molar-refractivity contribution in [1.29, 1.82) is 0 Å². The molecule has 0 amide bonds. The number of nitrogens with zero attached hydrogens (tertiary/aromatic N) is 3. The first-order valence-electron chi connectivity index (χ1n) is 6.46. The molecule has 1 heterocycles. The second kappa shape index (κ2) is 5.80. The summed E-state index contributed by atoms with van der Waals surface area (Å²) >= 11 is 1.65. The Morgan fingerprint density at radius 1 is 1.26 bits per heavy atom. The number of hydrogen-bond acceptors (Lipinski definition) is 3. The third-order valence-corrected chi connectivity index (χ3v) is 4.20. The van der Waals surface area contributed by atoms with Crippen LogP contribution in [0, 0.1) is 13.8 Å². The average Bonchev–Trinajstić information content (AvgIpc) is 2.79. The summed E-state index contributed by atoms with van der Waals surface area (Å²) in [5.74, 6) is 1.38. The van der Waals surface area contributed by atoms with Crippen LogP contribution in [0.15, 0.2) is 30.6 Å². The van der Waals surface area contributed by atoms with Gasteiger partial charge in [0.1, 0.15) is 5.82 Å². The number of benzene rings is 1. The van der Waals surface area contributed by atoms with Gasteiger partial charge in [-0.25, -0.2) is 9.29 Å². The lowest BCUT2D eigenvalue weighted by atomic mass is 9.93. The minimum Gasteiger partial charge on any atom is -0.264 e. The fraction of sp³-hybridized carbons (Fsp3) is 0.400. The summed E-state index contributed by atoms with van der Waals surface area (Å²) in [5.41, 5.74) is 4.05. The van der Waals surface area contributed by atoms with Gasteiger partial charge in [0.15, 0.2) is 0 Å². The topological polar surface area (TPSA) is 21.1 Å². The summed E-state index contributed by atoms with van der Waals surface area (Å²) in [4.78, 5) is 4.53. The molecule has 0 bridgehead atoms. The standard InChI is InChI=1S/C15H21N3S/c1-11-7-6-8-14(12(11)2)13(3)15-16-9-10-18(15)19-17(4)5/h6-10,13H,1-5H3. The van der Waals surface area contributed by atoms with Gasteiger partial charge in [-0.15, -0.1) is 0 Å². The molecular formula is C15H21N3S. The summed E-state index contributed by atoms with van der Waals surface area (Å²) in [7, 11) is 4.08. The van der Waals surface area contributed by atoms with Crippen LogP contribution in [-0.4, -0.2) is 27.4 Å². The van der Waals surface area contributed by atoms with Crippen molar-refractivity contribution in [3.05, 3.63) is 53.1 Å². The van der Waals surface area contributed by atoms with Crippen molar-refractivity contribution in [2.75, 3.05) is 14.1 Å². The molecule has 0 saturated carbocycles. The van der Waals surface area contributed by atoms with Crippen LogP contribution in [-0.2, 0) is 0 Å². The van der Waals surface area contributed by atoms with Gasteiger partial charge >= 0.3 is 0 Å². The van der Waals surface area contributed by atoms with Crippen LogP contribution in [0.5, 0.6) is 0 Å². The highest BCUT2D eigenvalue weighted by molar-refractivity contribution is 7.95. The molecule has 0 fully saturated rings.